The van der Waals surface area contributed by atoms with Crippen LogP contribution in [0, 0.1) is 0 Å². The molecular weight excluding hydrogens is 296 g/mol. The van der Waals surface area contributed by atoms with Gasteiger partial charge in [0.1, 0.15) is 5.82 Å². The standard InChI is InChI=1S/C13H15ClN4OS/c1-3-15-12-7-4-9(17-18-12)13(19)16-8(2)10-5-6-11(14)20-10/h4-8H,3H2,1-2H3,(H,15,18)(H,16,19). The van der Waals surface area contributed by atoms with Crippen LogP contribution in [-0.4, -0.2) is 22.6 Å². The number of halogens is 1. The molecular formula is C13H15ClN4OS. The molecule has 2 N–H and O–H groups in total. The minimum absolute atomic E-state index is 0.116. The van der Waals surface area contributed by atoms with Gasteiger partial charge in [-0.15, -0.1) is 21.5 Å². The summed E-state index contributed by atoms with van der Waals surface area (Å²) < 4.78 is 0.705. The Balaban J connectivity index is 2.00. The number of aromatic nitrogens is 2. The summed E-state index contributed by atoms with van der Waals surface area (Å²) >= 11 is 7.33. The van der Waals surface area contributed by atoms with Crippen molar-refractivity contribution in [3.8, 4) is 0 Å². The number of thiophene rings is 1. The molecule has 5 nitrogen and oxygen atoms in total. The van der Waals surface area contributed by atoms with Gasteiger partial charge in [-0.3, -0.25) is 4.79 Å². The Morgan fingerprint density at radius 1 is 1.35 bits per heavy atom. The van der Waals surface area contributed by atoms with Crippen molar-refractivity contribution >= 4 is 34.7 Å². The van der Waals surface area contributed by atoms with Gasteiger partial charge >= 0.3 is 0 Å². The normalized spacial score (nSPS) is 11.9. The predicted octanol–water partition coefficient (Wildman–Crippen LogP) is 3.11. The highest BCUT2D eigenvalue weighted by atomic mass is 35.5. The van der Waals surface area contributed by atoms with E-state index in [0.29, 0.717) is 15.8 Å². The molecule has 1 amide bonds. The van der Waals surface area contributed by atoms with Crippen LogP contribution in [0.5, 0.6) is 0 Å². The molecule has 0 saturated carbocycles. The van der Waals surface area contributed by atoms with Crippen LogP contribution in [0.2, 0.25) is 4.34 Å². The van der Waals surface area contributed by atoms with Gasteiger partial charge in [-0.1, -0.05) is 11.6 Å². The van der Waals surface area contributed by atoms with E-state index in [1.54, 1.807) is 12.1 Å². The molecule has 0 spiro atoms. The van der Waals surface area contributed by atoms with Crippen molar-refractivity contribution in [2.75, 3.05) is 11.9 Å². The molecule has 0 aliphatic heterocycles. The van der Waals surface area contributed by atoms with Gasteiger partial charge in [0.25, 0.3) is 5.91 Å². The largest absolute Gasteiger partial charge is 0.369 e. The zero-order chi connectivity index (χ0) is 14.5. The van der Waals surface area contributed by atoms with Gasteiger partial charge in [0.15, 0.2) is 5.69 Å². The van der Waals surface area contributed by atoms with Crippen LogP contribution in [0.1, 0.15) is 35.3 Å². The number of hydrogen-bond donors (Lipinski definition) is 2. The van der Waals surface area contributed by atoms with Crippen LogP contribution in [-0.2, 0) is 0 Å². The zero-order valence-electron chi connectivity index (χ0n) is 11.2. The molecule has 0 aromatic carbocycles. The van der Waals surface area contributed by atoms with Crippen LogP contribution >= 0.6 is 22.9 Å². The molecule has 0 aliphatic rings. The molecule has 0 saturated heterocycles. The van der Waals surface area contributed by atoms with Gasteiger partial charge in [0, 0.05) is 11.4 Å². The van der Waals surface area contributed by atoms with Crippen molar-refractivity contribution in [1.29, 1.82) is 0 Å². The zero-order valence-corrected chi connectivity index (χ0v) is 12.8. The molecule has 0 radical (unpaired) electrons. The third kappa shape index (κ3) is 3.68. The molecule has 2 heterocycles. The molecule has 0 fully saturated rings. The van der Waals surface area contributed by atoms with Crippen molar-refractivity contribution in [2.45, 2.75) is 19.9 Å². The average Bonchev–Trinajstić information content (AvgIpc) is 2.86. The minimum atomic E-state index is -0.252. The number of carbonyl (C=O) groups excluding carboxylic acids is 1. The van der Waals surface area contributed by atoms with Crippen molar-refractivity contribution in [3.05, 3.63) is 39.2 Å². The van der Waals surface area contributed by atoms with Crippen LogP contribution in [0.15, 0.2) is 24.3 Å². The number of carbonyl (C=O) groups is 1. The lowest BCUT2D eigenvalue weighted by Gasteiger charge is -2.11. The first-order valence-corrected chi connectivity index (χ1v) is 7.43. The number of anilines is 1. The summed E-state index contributed by atoms with van der Waals surface area (Å²) in [6, 6.07) is 6.98. The fourth-order valence-electron chi connectivity index (χ4n) is 1.63. The average molecular weight is 311 g/mol. The summed E-state index contributed by atoms with van der Waals surface area (Å²) in [4.78, 5) is 13.0. The van der Waals surface area contributed by atoms with E-state index in [4.69, 9.17) is 11.6 Å². The van der Waals surface area contributed by atoms with E-state index in [-0.39, 0.29) is 11.9 Å². The van der Waals surface area contributed by atoms with E-state index in [1.807, 2.05) is 26.0 Å². The summed E-state index contributed by atoms with van der Waals surface area (Å²) in [6.07, 6.45) is 0. The Kier molecular flexibility index (Phi) is 4.92. The fraction of sp³-hybridized carbons (Fsp3) is 0.308. The summed E-state index contributed by atoms with van der Waals surface area (Å²) in [5.41, 5.74) is 0.293. The maximum atomic E-state index is 12.0. The summed E-state index contributed by atoms with van der Waals surface area (Å²) in [5, 5.41) is 13.7. The SMILES string of the molecule is CCNc1ccc(C(=O)NC(C)c2ccc(Cl)s2)nn1. The Morgan fingerprint density at radius 2 is 2.15 bits per heavy atom. The maximum Gasteiger partial charge on any atom is 0.272 e. The Morgan fingerprint density at radius 3 is 2.70 bits per heavy atom. The number of rotatable bonds is 5. The van der Waals surface area contributed by atoms with E-state index in [2.05, 4.69) is 20.8 Å². The molecule has 2 aromatic heterocycles. The third-order valence-corrected chi connectivity index (χ3v) is 4.04. The lowest BCUT2D eigenvalue weighted by atomic mass is 10.2. The van der Waals surface area contributed by atoms with Gasteiger partial charge in [-0.25, -0.2) is 0 Å². The van der Waals surface area contributed by atoms with Crippen LogP contribution in [0.4, 0.5) is 5.82 Å². The van der Waals surface area contributed by atoms with Gasteiger partial charge in [-0.05, 0) is 38.1 Å². The Bertz CT molecular complexity index is 584. The number of nitrogens with zero attached hydrogens (tertiary/aromatic N) is 2. The molecule has 1 unspecified atom stereocenters. The van der Waals surface area contributed by atoms with Gasteiger partial charge < -0.3 is 10.6 Å². The second-order valence-electron chi connectivity index (χ2n) is 4.17. The molecule has 7 heteroatoms. The van der Waals surface area contributed by atoms with Crippen molar-refractivity contribution in [3.63, 3.8) is 0 Å². The summed E-state index contributed by atoms with van der Waals surface area (Å²) in [5.74, 6) is 0.403. The topological polar surface area (TPSA) is 66.9 Å². The van der Waals surface area contributed by atoms with Crippen LogP contribution in [0.3, 0.4) is 0 Å². The number of hydrogen-bond acceptors (Lipinski definition) is 5. The van der Waals surface area contributed by atoms with Crippen LogP contribution < -0.4 is 10.6 Å². The third-order valence-electron chi connectivity index (χ3n) is 2.62. The fourth-order valence-corrected chi connectivity index (χ4v) is 2.69. The maximum absolute atomic E-state index is 12.0. The quantitative estimate of drug-likeness (QED) is 0.890. The second kappa shape index (κ2) is 6.67. The summed E-state index contributed by atoms with van der Waals surface area (Å²) in [6.45, 7) is 4.63. The Labute approximate surface area is 126 Å². The van der Waals surface area contributed by atoms with Crippen molar-refractivity contribution < 1.29 is 4.79 Å². The highest BCUT2D eigenvalue weighted by Crippen LogP contribution is 2.26. The number of nitrogens with one attached hydrogen (secondary N) is 2. The monoisotopic (exact) mass is 310 g/mol. The molecule has 0 bridgehead atoms. The molecule has 0 aliphatic carbocycles. The lowest BCUT2D eigenvalue weighted by molar-refractivity contribution is 0.0934. The summed E-state index contributed by atoms with van der Waals surface area (Å²) in [7, 11) is 0. The Hall–Kier alpha value is -1.66. The molecule has 2 rings (SSSR count). The van der Waals surface area contributed by atoms with Crippen molar-refractivity contribution in [2.24, 2.45) is 0 Å². The first kappa shape index (κ1) is 14.7. The predicted molar refractivity (Wildman–Crippen MR) is 81.4 cm³/mol. The van der Waals surface area contributed by atoms with E-state index in [0.717, 1.165) is 11.4 Å². The molecule has 20 heavy (non-hydrogen) atoms. The number of amides is 1. The van der Waals surface area contributed by atoms with E-state index in [1.165, 1.54) is 11.3 Å². The van der Waals surface area contributed by atoms with E-state index >= 15 is 0 Å². The first-order chi connectivity index (χ1) is 9.60. The molecule has 2 aromatic rings. The second-order valence-corrected chi connectivity index (χ2v) is 5.92. The van der Waals surface area contributed by atoms with Gasteiger partial charge in [0.2, 0.25) is 0 Å². The van der Waals surface area contributed by atoms with E-state index < -0.39 is 0 Å². The lowest BCUT2D eigenvalue weighted by Crippen LogP contribution is -2.27. The highest BCUT2D eigenvalue weighted by molar-refractivity contribution is 7.16. The van der Waals surface area contributed by atoms with Gasteiger partial charge in [0.05, 0.1) is 10.4 Å². The van der Waals surface area contributed by atoms with Crippen LogP contribution in [0.25, 0.3) is 0 Å². The van der Waals surface area contributed by atoms with Gasteiger partial charge in [-0.2, -0.15) is 0 Å². The molecule has 106 valence electrons. The van der Waals surface area contributed by atoms with Crippen molar-refractivity contribution in [1.82, 2.24) is 15.5 Å². The molecule has 1 atom stereocenters. The van der Waals surface area contributed by atoms with E-state index in [9.17, 15) is 4.79 Å². The highest BCUT2D eigenvalue weighted by Gasteiger charge is 2.14. The smallest absolute Gasteiger partial charge is 0.272 e. The minimum Gasteiger partial charge on any atom is -0.369 e. The first-order valence-electron chi connectivity index (χ1n) is 6.24.